The Hall–Kier alpha value is -1.76. The van der Waals surface area contributed by atoms with E-state index in [-0.39, 0.29) is 5.91 Å². The summed E-state index contributed by atoms with van der Waals surface area (Å²) in [5, 5.41) is 12.2. The lowest BCUT2D eigenvalue weighted by atomic mass is 9.86. The number of amides is 1. The van der Waals surface area contributed by atoms with Crippen molar-refractivity contribution in [1.29, 1.82) is 5.26 Å². The maximum Gasteiger partial charge on any atom is 0.224 e. The lowest BCUT2D eigenvalue weighted by Gasteiger charge is -2.33. The smallest absolute Gasteiger partial charge is 0.224 e. The number of allylic oxidation sites excluding steroid dienone is 1. The third kappa shape index (κ3) is 3.04. The maximum atomic E-state index is 12.2. The van der Waals surface area contributed by atoms with Crippen molar-refractivity contribution in [2.45, 2.75) is 51.5 Å². The summed E-state index contributed by atoms with van der Waals surface area (Å²) in [7, 11) is 0. The minimum absolute atomic E-state index is 0.140. The van der Waals surface area contributed by atoms with Crippen LogP contribution in [0.15, 0.2) is 24.0 Å². The van der Waals surface area contributed by atoms with Gasteiger partial charge in [0.2, 0.25) is 5.91 Å². The van der Waals surface area contributed by atoms with E-state index in [1.165, 1.54) is 25.7 Å². The van der Waals surface area contributed by atoms with Crippen LogP contribution >= 0.6 is 0 Å². The summed E-state index contributed by atoms with van der Waals surface area (Å²) >= 11 is 0. The highest BCUT2D eigenvalue weighted by atomic mass is 16.1. The van der Waals surface area contributed by atoms with E-state index in [1.54, 1.807) is 0 Å². The minimum atomic E-state index is -0.522. The van der Waals surface area contributed by atoms with E-state index in [4.69, 9.17) is 5.26 Å². The zero-order valence-electron chi connectivity index (χ0n) is 13.5. The Morgan fingerprint density at radius 3 is 2.82 bits per heavy atom. The molecule has 4 nitrogen and oxygen atoms in total. The van der Waals surface area contributed by atoms with Crippen LogP contribution in [0.25, 0.3) is 0 Å². The SMILES string of the molecule is CC(C)(C#N)N1C=CC(NC(=O)CC2CC3CCC2C3)=CC1. The van der Waals surface area contributed by atoms with Gasteiger partial charge >= 0.3 is 0 Å². The first-order valence-electron chi connectivity index (χ1n) is 8.34. The lowest BCUT2D eigenvalue weighted by Crippen LogP contribution is -2.40. The number of nitrogens with zero attached hydrogens (tertiary/aromatic N) is 2. The van der Waals surface area contributed by atoms with E-state index in [0.29, 0.717) is 18.9 Å². The first-order chi connectivity index (χ1) is 10.5. The molecule has 118 valence electrons. The Morgan fingerprint density at radius 1 is 1.45 bits per heavy atom. The van der Waals surface area contributed by atoms with Gasteiger partial charge in [-0.1, -0.05) is 6.42 Å². The quantitative estimate of drug-likeness (QED) is 0.868. The fourth-order valence-corrected chi connectivity index (χ4v) is 4.14. The first-order valence-corrected chi connectivity index (χ1v) is 8.34. The Balaban J connectivity index is 1.49. The molecule has 0 aromatic rings. The van der Waals surface area contributed by atoms with Gasteiger partial charge in [0.15, 0.2) is 0 Å². The molecule has 3 unspecified atom stereocenters. The summed E-state index contributed by atoms with van der Waals surface area (Å²) in [6, 6.07) is 2.29. The zero-order chi connectivity index (χ0) is 15.7. The molecule has 3 atom stereocenters. The molecule has 2 aliphatic carbocycles. The highest BCUT2D eigenvalue weighted by molar-refractivity contribution is 5.78. The number of hydrogen-bond donors (Lipinski definition) is 1. The number of nitrogens with one attached hydrogen (secondary N) is 1. The molecule has 2 bridgehead atoms. The normalized spacial score (nSPS) is 30.1. The summed E-state index contributed by atoms with van der Waals surface area (Å²) in [5.41, 5.74) is 0.337. The summed E-state index contributed by atoms with van der Waals surface area (Å²) < 4.78 is 0. The Morgan fingerprint density at radius 2 is 2.27 bits per heavy atom. The van der Waals surface area contributed by atoms with Crippen LogP contribution in [0.4, 0.5) is 0 Å². The molecular weight excluding hydrogens is 274 g/mol. The van der Waals surface area contributed by atoms with Gasteiger partial charge < -0.3 is 10.2 Å². The molecule has 0 aromatic heterocycles. The molecule has 3 rings (SSSR count). The van der Waals surface area contributed by atoms with Crippen LogP contribution in [0.1, 0.15) is 46.0 Å². The van der Waals surface area contributed by atoms with E-state index in [2.05, 4.69) is 11.4 Å². The van der Waals surface area contributed by atoms with Crippen LogP contribution in [-0.4, -0.2) is 22.9 Å². The van der Waals surface area contributed by atoms with Crippen LogP contribution < -0.4 is 5.32 Å². The van der Waals surface area contributed by atoms with Crippen molar-refractivity contribution in [3.05, 3.63) is 24.0 Å². The van der Waals surface area contributed by atoms with Gasteiger partial charge in [-0.3, -0.25) is 4.79 Å². The standard InChI is InChI=1S/C18H25N3O/c1-18(2,12-19)21-7-5-16(6-8-21)20-17(22)11-15-10-13-3-4-14(15)9-13/h5-7,13-15H,3-4,8-11H2,1-2H3,(H,20,22). The Bertz CT molecular complexity index is 555. The van der Waals surface area contributed by atoms with Crippen molar-refractivity contribution >= 4 is 5.91 Å². The molecule has 4 heteroatoms. The fourth-order valence-electron chi connectivity index (χ4n) is 4.14. The molecule has 0 radical (unpaired) electrons. The van der Waals surface area contributed by atoms with Gasteiger partial charge in [-0.25, -0.2) is 0 Å². The van der Waals surface area contributed by atoms with E-state index >= 15 is 0 Å². The van der Waals surface area contributed by atoms with Gasteiger partial charge in [0.25, 0.3) is 0 Å². The van der Waals surface area contributed by atoms with Gasteiger partial charge in [-0.2, -0.15) is 5.26 Å². The summed E-state index contributed by atoms with van der Waals surface area (Å²) in [5.74, 6) is 2.42. The predicted molar refractivity (Wildman–Crippen MR) is 85.3 cm³/mol. The van der Waals surface area contributed by atoms with E-state index in [1.807, 2.05) is 37.1 Å². The average molecular weight is 299 g/mol. The summed E-state index contributed by atoms with van der Waals surface area (Å²) in [6.07, 6.45) is 11.7. The summed E-state index contributed by atoms with van der Waals surface area (Å²) in [6.45, 7) is 4.44. The molecule has 1 heterocycles. The minimum Gasteiger partial charge on any atom is -0.356 e. The van der Waals surface area contributed by atoms with Crippen LogP contribution in [-0.2, 0) is 4.79 Å². The zero-order valence-corrected chi connectivity index (χ0v) is 13.5. The van der Waals surface area contributed by atoms with Crippen molar-refractivity contribution in [3.8, 4) is 6.07 Å². The van der Waals surface area contributed by atoms with Crippen LogP contribution in [0, 0.1) is 29.1 Å². The van der Waals surface area contributed by atoms with E-state index in [0.717, 1.165) is 17.5 Å². The highest BCUT2D eigenvalue weighted by Gasteiger charge is 2.40. The molecule has 3 aliphatic rings. The van der Waals surface area contributed by atoms with Crippen LogP contribution in [0.3, 0.4) is 0 Å². The van der Waals surface area contributed by atoms with Crippen molar-refractivity contribution in [2.75, 3.05) is 6.54 Å². The van der Waals surface area contributed by atoms with Gasteiger partial charge in [-0.05, 0) is 63.0 Å². The number of carbonyl (C=O) groups excluding carboxylic acids is 1. The molecular formula is C18H25N3O. The average Bonchev–Trinajstić information content (AvgIpc) is 3.10. The van der Waals surface area contributed by atoms with Gasteiger partial charge in [0.1, 0.15) is 5.54 Å². The van der Waals surface area contributed by atoms with Crippen molar-refractivity contribution in [2.24, 2.45) is 17.8 Å². The van der Waals surface area contributed by atoms with Crippen molar-refractivity contribution in [1.82, 2.24) is 10.2 Å². The monoisotopic (exact) mass is 299 g/mol. The van der Waals surface area contributed by atoms with Gasteiger partial charge in [0.05, 0.1) is 6.07 Å². The van der Waals surface area contributed by atoms with Crippen LogP contribution in [0.2, 0.25) is 0 Å². The Kier molecular flexibility index (Phi) is 3.99. The predicted octanol–water partition coefficient (Wildman–Crippen LogP) is 2.94. The van der Waals surface area contributed by atoms with Crippen molar-refractivity contribution < 1.29 is 4.79 Å². The second kappa shape index (κ2) is 5.79. The number of fused-ring (bicyclic) bond motifs is 2. The highest BCUT2D eigenvalue weighted by Crippen LogP contribution is 2.49. The first kappa shape index (κ1) is 15.1. The topological polar surface area (TPSA) is 56.1 Å². The number of hydrogen-bond acceptors (Lipinski definition) is 3. The molecule has 0 spiro atoms. The van der Waals surface area contributed by atoms with E-state index < -0.39 is 5.54 Å². The number of rotatable bonds is 4. The maximum absolute atomic E-state index is 12.2. The Labute approximate surface area is 132 Å². The fraction of sp³-hybridized carbons (Fsp3) is 0.667. The third-order valence-electron chi connectivity index (χ3n) is 5.55. The van der Waals surface area contributed by atoms with E-state index in [9.17, 15) is 4.79 Å². The molecule has 2 fully saturated rings. The molecule has 0 aromatic carbocycles. The molecule has 1 N–H and O–H groups in total. The third-order valence-corrected chi connectivity index (χ3v) is 5.55. The second-order valence-electron chi connectivity index (χ2n) is 7.49. The second-order valence-corrected chi connectivity index (χ2v) is 7.49. The van der Waals surface area contributed by atoms with Gasteiger partial charge in [-0.15, -0.1) is 0 Å². The van der Waals surface area contributed by atoms with Gasteiger partial charge in [0, 0.05) is 24.9 Å². The van der Waals surface area contributed by atoms with Crippen LogP contribution in [0.5, 0.6) is 0 Å². The van der Waals surface area contributed by atoms with Crippen molar-refractivity contribution in [3.63, 3.8) is 0 Å². The number of carbonyl (C=O) groups is 1. The molecule has 1 aliphatic heterocycles. The summed E-state index contributed by atoms with van der Waals surface area (Å²) in [4.78, 5) is 14.2. The molecule has 22 heavy (non-hydrogen) atoms. The number of nitriles is 1. The molecule has 0 saturated heterocycles. The lowest BCUT2D eigenvalue weighted by molar-refractivity contribution is -0.121. The molecule has 1 amide bonds. The molecule has 2 saturated carbocycles. The largest absolute Gasteiger partial charge is 0.356 e.